The molecule has 1 saturated heterocycles. The van der Waals surface area contributed by atoms with Crippen molar-refractivity contribution in [3.05, 3.63) is 59.7 Å². The van der Waals surface area contributed by atoms with Crippen molar-refractivity contribution in [2.45, 2.75) is 202 Å². The third-order valence-electron chi connectivity index (χ3n) is 12.5. The fourth-order valence-electron chi connectivity index (χ4n) is 8.10. The molecule has 28 nitrogen and oxygen atoms in total. The Hall–Kier alpha value is -5.92. The van der Waals surface area contributed by atoms with Gasteiger partial charge in [-0.2, -0.15) is 24.4 Å². The number of aliphatic carboxylic acids is 1. The van der Waals surface area contributed by atoms with Crippen molar-refractivity contribution in [2.24, 2.45) is 29.0 Å². The number of phenolic OH excluding ortho intramolecular Hbond substituents is 2. The minimum atomic E-state index is -1.90. The van der Waals surface area contributed by atoms with E-state index in [9.17, 15) is 77.6 Å². The van der Waals surface area contributed by atoms with Crippen molar-refractivity contribution in [1.29, 1.82) is 0 Å². The van der Waals surface area contributed by atoms with E-state index in [1.54, 1.807) is 27.7 Å². The number of primary amides is 3. The second-order valence-corrected chi connectivity index (χ2v) is 29.5. The van der Waals surface area contributed by atoms with E-state index in [-0.39, 0.29) is 107 Å². The van der Waals surface area contributed by atoms with Crippen LogP contribution in [0, 0.1) is 11.8 Å². The summed E-state index contributed by atoms with van der Waals surface area (Å²) in [6.07, 6.45) is 0.0732. The molecule has 35 heteroatoms. The Morgan fingerprint density at radius 1 is 0.526 bits per heavy atom. The minimum absolute atomic E-state index is 0. The quantitative estimate of drug-likeness (QED) is 0.00482. The number of aromatic hydroxyl groups is 2. The molecule has 0 radical (unpaired) electrons. The number of hydrazine groups is 1. The lowest BCUT2D eigenvalue weighted by atomic mass is 9.96. The van der Waals surface area contributed by atoms with Gasteiger partial charge in [0.05, 0.1) is 36.1 Å². The molecule has 3 rings (SSSR count). The number of carboxylic acids is 1. The number of thiol groups is 1. The number of carbonyl (C=O) groups is 13. The number of carbonyl (C=O) groups excluding carboxylic acids is 12. The maximum absolute atomic E-state index is 14.3. The lowest BCUT2D eigenvalue weighted by molar-refractivity contribution is -0.140. The molecule has 9 amide bonds. The van der Waals surface area contributed by atoms with Gasteiger partial charge in [0.2, 0.25) is 64.7 Å². The predicted octanol–water partition coefficient (Wildman–Crippen LogP) is 4.92. The second-order valence-electron chi connectivity index (χ2n) is 21.1. The Balaban J connectivity index is -0.00000150. The van der Waals surface area contributed by atoms with Crippen molar-refractivity contribution in [2.75, 3.05) is 23.3 Å². The van der Waals surface area contributed by atoms with E-state index in [4.69, 9.17) is 17.2 Å². The van der Waals surface area contributed by atoms with Crippen LogP contribution in [0.4, 0.5) is 0 Å². The molecule has 0 bridgehead atoms. The SMILES string of the molecule is C.C.C.C.C.C.C.CSCSN[C@H](CS)C(=O)C(=O)[C@H](Cc1ccc(O)cc1)NC(=O)C(CC(N)=O)NC(=O)[C@H](CCC(=O)O)NC(=O)C(CC(C)C)NC(=O)[C@H](CCC(N)=O)NC(=O)C(Cc1ccc(O)cc1)NNC(CC(C)C)C(=O)N[C@H](C=O)CC(N)=O.CSSC1SS1. The number of amides is 9. The first-order valence-corrected chi connectivity index (χ1v) is 35.9. The number of phenols is 2. The Bertz CT molecular complexity index is 2740. The molecule has 0 saturated carbocycles. The lowest BCUT2D eigenvalue weighted by Crippen LogP contribution is -2.61. The normalized spacial score (nSPS) is 13.8. The molecule has 1 aliphatic heterocycles. The number of ketones is 2. The number of nitrogens with two attached hydrogens (primary N) is 3. The fourth-order valence-corrected chi connectivity index (χ4v) is 14.8. The van der Waals surface area contributed by atoms with Crippen molar-refractivity contribution < 1.29 is 77.6 Å². The molecule has 2 aromatic carbocycles. The smallest absolute Gasteiger partial charge is 0.303 e. The summed E-state index contributed by atoms with van der Waals surface area (Å²) in [5.74, 6) is -13.4. The summed E-state index contributed by atoms with van der Waals surface area (Å²) >= 11 is 6.78. The number of hydrogen-bond acceptors (Lipinski definition) is 25. The summed E-state index contributed by atoms with van der Waals surface area (Å²) in [5, 5.41) is 44.6. The maximum atomic E-state index is 14.3. The Morgan fingerprint density at radius 2 is 0.918 bits per heavy atom. The molecule has 1 heterocycles. The molecular formula is C62H110N12O16S7. The summed E-state index contributed by atoms with van der Waals surface area (Å²) in [6, 6.07) is -2.25. The predicted molar refractivity (Wildman–Crippen MR) is 401 cm³/mol. The Kier molecular flexibility index (Phi) is 57.8. The molecule has 0 aliphatic carbocycles. The van der Waals surface area contributed by atoms with Crippen LogP contribution in [-0.4, -0.2) is 174 Å². The maximum Gasteiger partial charge on any atom is 0.303 e. The average Bonchev–Trinajstić information content (AvgIpc) is 1.37. The molecule has 18 N–H and O–H groups in total. The van der Waals surface area contributed by atoms with E-state index in [1.807, 2.05) is 49.4 Å². The van der Waals surface area contributed by atoms with Gasteiger partial charge in [-0.1, -0.05) is 159 Å². The molecule has 1 fully saturated rings. The number of rotatable bonds is 44. The molecule has 2 aromatic rings. The van der Waals surface area contributed by atoms with Crippen molar-refractivity contribution in [3.63, 3.8) is 0 Å². The highest BCUT2D eigenvalue weighted by Gasteiger charge is 2.37. The van der Waals surface area contributed by atoms with Crippen LogP contribution in [0.25, 0.3) is 0 Å². The Morgan fingerprint density at radius 3 is 1.33 bits per heavy atom. The number of carboxylic acid groups (broad SMARTS) is 1. The van der Waals surface area contributed by atoms with E-state index in [1.165, 1.54) is 60.3 Å². The highest BCUT2D eigenvalue weighted by Crippen LogP contribution is 2.62. The standard InChI is InChI=1S/C53H78N12O16S3.C2H4S4.7CH4/c1-27(2)18-37(61-48(76)34(14-16-42(54)69)59-53(81)40(21-30-8-12-33(68)13-9-30)64-63-39(19-28(3)4)52(80)57-31(24-66)22-43(55)70)50(78)58-35(15-17-45(72)73)49(77)62-38(23-44(56)71)51(79)60-36(20-29-6-10-32(67)11-7-29)46(74)47(75)41(25-82)65-84-26-83-5;1-3-4-2-5-6-2;;;;;;;/h6-13,24,27-28,31,34-41,63-65,67-68,82H,14-23,25-26H2,1-5H3,(H2,54,69)(H2,55,70)(H2,56,71)(H,57,80)(H,58,78)(H,59,81)(H,60,79)(H,61,76)(H,62,77)(H,72,73);2H,1H3;7*1H4/t31-,34-,35-,36-,37?,38?,39?,40?,41+;;;;;;;;/m0......../s1. The molecule has 0 aromatic heterocycles. The van der Waals surface area contributed by atoms with Crippen molar-refractivity contribution >= 4 is 157 Å². The molecule has 9 atom stereocenters. The van der Waals surface area contributed by atoms with Crippen LogP contribution in [0.15, 0.2) is 48.5 Å². The van der Waals surface area contributed by atoms with Gasteiger partial charge in [0.15, 0.2) is 0 Å². The topological polar surface area (TPSA) is 469 Å². The summed E-state index contributed by atoms with van der Waals surface area (Å²) < 4.78 is 3.72. The van der Waals surface area contributed by atoms with Gasteiger partial charge >= 0.3 is 5.97 Å². The summed E-state index contributed by atoms with van der Waals surface area (Å²) in [7, 11) is 7.69. The Labute approximate surface area is 603 Å². The van der Waals surface area contributed by atoms with Gasteiger partial charge in [0, 0.05) is 25.0 Å². The van der Waals surface area contributed by atoms with Crippen LogP contribution in [0.1, 0.15) is 142 Å². The van der Waals surface area contributed by atoms with Gasteiger partial charge < -0.3 is 69.2 Å². The largest absolute Gasteiger partial charge is 0.508 e. The molecule has 1 aliphatic rings. The monoisotopic (exact) mass is 1500 g/mol. The summed E-state index contributed by atoms with van der Waals surface area (Å²) in [6.45, 7) is 6.91. The van der Waals surface area contributed by atoms with Crippen LogP contribution in [0.2, 0.25) is 0 Å². The summed E-state index contributed by atoms with van der Waals surface area (Å²) in [4.78, 5) is 172. The third kappa shape index (κ3) is 42.6. The van der Waals surface area contributed by atoms with Crippen molar-refractivity contribution in [1.82, 2.24) is 47.5 Å². The number of Topliss-reactive ketones (excluding diaryl/α,β-unsaturated/α-hetero) is 2. The number of benzene rings is 2. The van der Waals surface area contributed by atoms with Gasteiger partial charge in [0.25, 0.3) is 0 Å². The van der Waals surface area contributed by atoms with Gasteiger partial charge in [-0.25, -0.2) is 10.9 Å². The first-order chi connectivity index (χ1) is 42.5. The van der Waals surface area contributed by atoms with E-state index in [0.29, 0.717) is 22.5 Å². The zero-order valence-corrected chi connectivity index (χ0v) is 56.2. The lowest BCUT2D eigenvalue weighted by Gasteiger charge is -2.29. The third-order valence-corrected chi connectivity index (χ3v) is 20.4. The van der Waals surface area contributed by atoms with Gasteiger partial charge in [-0.3, -0.25) is 62.3 Å². The van der Waals surface area contributed by atoms with Crippen molar-refractivity contribution in [3.8, 4) is 11.5 Å². The molecule has 0 spiro atoms. The summed E-state index contributed by atoms with van der Waals surface area (Å²) in [5.41, 5.74) is 22.6. The fraction of sp³-hybridized carbons (Fsp3) is 0.597. The second kappa shape index (κ2) is 54.9. The molecule has 4 unspecified atom stereocenters. The molecule has 556 valence electrons. The van der Waals surface area contributed by atoms with Gasteiger partial charge in [-0.15, -0.1) is 0 Å². The minimum Gasteiger partial charge on any atom is -0.508 e. The highest BCUT2D eigenvalue weighted by molar-refractivity contribution is 9.02. The van der Waals surface area contributed by atoms with E-state index in [2.05, 4.69) is 66.4 Å². The number of nitrogens with one attached hydrogen (secondary N) is 9. The first-order valence-electron chi connectivity index (χ1n) is 28.0. The number of thioether (sulfide) groups is 1. The van der Waals surface area contributed by atoms with Crippen LogP contribution in [0.5, 0.6) is 11.5 Å². The number of hydrogen-bond donors (Lipinski definition) is 16. The van der Waals surface area contributed by atoms with E-state index in [0.717, 1.165) is 15.9 Å². The van der Waals surface area contributed by atoms with E-state index < -0.39 is 164 Å². The van der Waals surface area contributed by atoms with Crippen LogP contribution in [0.3, 0.4) is 0 Å². The molecule has 97 heavy (non-hydrogen) atoms. The molecular weight excluding hydrogens is 1390 g/mol. The van der Waals surface area contributed by atoms with Crippen LogP contribution >= 0.6 is 79.5 Å². The number of aldehydes is 1. The average molecular weight is 1500 g/mol. The van der Waals surface area contributed by atoms with Crippen LogP contribution < -0.4 is 64.7 Å². The zero-order chi connectivity index (χ0) is 67.6. The first kappa shape index (κ1) is 102. The highest BCUT2D eigenvalue weighted by atomic mass is 33.2. The van der Waals surface area contributed by atoms with Gasteiger partial charge in [0.1, 0.15) is 58.0 Å². The van der Waals surface area contributed by atoms with Gasteiger partial charge in [-0.05, 0) is 91.8 Å². The van der Waals surface area contributed by atoms with Crippen LogP contribution in [-0.2, 0) is 75.2 Å². The van der Waals surface area contributed by atoms with E-state index >= 15 is 0 Å². The zero-order valence-electron chi connectivity index (χ0n) is 50.4.